The van der Waals surface area contributed by atoms with E-state index in [1.54, 1.807) is 7.11 Å². The summed E-state index contributed by atoms with van der Waals surface area (Å²) < 4.78 is 10.9. The van der Waals surface area contributed by atoms with Crippen molar-refractivity contribution in [3.63, 3.8) is 0 Å². The maximum Gasteiger partial charge on any atom is 0.312 e. The van der Waals surface area contributed by atoms with Crippen molar-refractivity contribution in [3.8, 4) is 5.75 Å². The van der Waals surface area contributed by atoms with Gasteiger partial charge >= 0.3 is 5.97 Å². The zero-order chi connectivity index (χ0) is 20.5. The number of carbonyl (C=O) groups is 1. The van der Waals surface area contributed by atoms with Gasteiger partial charge in [0, 0.05) is 12.1 Å². The smallest absolute Gasteiger partial charge is 0.312 e. The molecule has 154 valence electrons. The van der Waals surface area contributed by atoms with Crippen molar-refractivity contribution in [3.05, 3.63) is 71.8 Å². The Morgan fingerprint density at radius 1 is 1.07 bits per heavy atom. The highest BCUT2D eigenvalue weighted by Gasteiger charge is 2.42. The number of hydrogen-bond donors (Lipinski definition) is 0. The van der Waals surface area contributed by atoms with Crippen LogP contribution in [0.1, 0.15) is 30.9 Å². The van der Waals surface area contributed by atoms with Gasteiger partial charge in [0.2, 0.25) is 0 Å². The van der Waals surface area contributed by atoms with E-state index in [1.807, 2.05) is 43.3 Å². The standard InChI is InChI=1S/C25H31NO3/c1-3-29-24(27)25(20-21-10-5-4-6-11-21)15-18-26(19-16-25)17-9-13-22-12-7-8-14-23(22)28-2/h4-14H,3,15-20H2,1-2H3/b13-9+. The zero-order valence-corrected chi connectivity index (χ0v) is 17.5. The minimum absolute atomic E-state index is 0.0481. The Hall–Kier alpha value is -2.59. The molecule has 1 heterocycles. The van der Waals surface area contributed by atoms with E-state index in [2.05, 4.69) is 35.3 Å². The van der Waals surface area contributed by atoms with E-state index < -0.39 is 5.41 Å². The van der Waals surface area contributed by atoms with E-state index in [0.717, 1.165) is 50.2 Å². The van der Waals surface area contributed by atoms with Gasteiger partial charge in [-0.15, -0.1) is 0 Å². The lowest BCUT2D eigenvalue weighted by Gasteiger charge is -2.39. The van der Waals surface area contributed by atoms with Gasteiger partial charge in [0.15, 0.2) is 0 Å². The first-order valence-electron chi connectivity index (χ1n) is 10.4. The van der Waals surface area contributed by atoms with E-state index in [1.165, 1.54) is 5.56 Å². The van der Waals surface area contributed by atoms with Crippen LogP contribution in [0.2, 0.25) is 0 Å². The van der Waals surface area contributed by atoms with Crippen molar-refractivity contribution in [2.24, 2.45) is 5.41 Å². The van der Waals surface area contributed by atoms with E-state index in [9.17, 15) is 4.79 Å². The average molecular weight is 394 g/mol. The maximum absolute atomic E-state index is 12.8. The predicted octanol–water partition coefficient (Wildman–Crippen LogP) is 4.60. The molecule has 0 amide bonds. The van der Waals surface area contributed by atoms with Crippen molar-refractivity contribution in [1.82, 2.24) is 4.90 Å². The topological polar surface area (TPSA) is 38.8 Å². The van der Waals surface area contributed by atoms with Crippen LogP contribution in [0.25, 0.3) is 6.08 Å². The van der Waals surface area contributed by atoms with E-state index in [4.69, 9.17) is 9.47 Å². The molecular weight excluding hydrogens is 362 g/mol. The molecule has 1 aliphatic heterocycles. The number of carbonyl (C=O) groups excluding carboxylic acids is 1. The molecule has 29 heavy (non-hydrogen) atoms. The number of hydrogen-bond acceptors (Lipinski definition) is 4. The monoisotopic (exact) mass is 393 g/mol. The molecule has 0 unspecified atom stereocenters. The quantitative estimate of drug-likeness (QED) is 0.615. The summed E-state index contributed by atoms with van der Waals surface area (Å²) in [7, 11) is 1.69. The number of benzene rings is 2. The first kappa shape index (κ1) is 21.1. The summed E-state index contributed by atoms with van der Waals surface area (Å²) in [4.78, 5) is 15.2. The molecule has 0 aromatic heterocycles. The normalized spacial score (nSPS) is 16.6. The third kappa shape index (κ3) is 5.48. The van der Waals surface area contributed by atoms with Gasteiger partial charge < -0.3 is 9.47 Å². The molecule has 0 aliphatic carbocycles. The number of methoxy groups -OCH3 is 1. The van der Waals surface area contributed by atoms with Crippen LogP contribution in [0.3, 0.4) is 0 Å². The molecule has 4 nitrogen and oxygen atoms in total. The maximum atomic E-state index is 12.8. The van der Waals surface area contributed by atoms with Crippen molar-refractivity contribution < 1.29 is 14.3 Å². The van der Waals surface area contributed by atoms with E-state index >= 15 is 0 Å². The molecule has 1 saturated heterocycles. The Morgan fingerprint density at radius 2 is 1.76 bits per heavy atom. The number of likely N-dealkylation sites (tertiary alicyclic amines) is 1. The molecule has 0 atom stereocenters. The van der Waals surface area contributed by atoms with Gasteiger partial charge in [0.1, 0.15) is 5.75 Å². The molecular formula is C25H31NO3. The number of rotatable bonds is 8. The number of para-hydroxylation sites is 1. The summed E-state index contributed by atoms with van der Waals surface area (Å²) in [6, 6.07) is 18.3. The van der Waals surface area contributed by atoms with Gasteiger partial charge in [-0.2, -0.15) is 0 Å². The second-order valence-electron chi connectivity index (χ2n) is 7.61. The summed E-state index contributed by atoms with van der Waals surface area (Å²) in [6.07, 6.45) is 6.67. The first-order valence-corrected chi connectivity index (χ1v) is 10.4. The van der Waals surface area contributed by atoms with Gasteiger partial charge in [-0.1, -0.05) is 60.7 Å². The second-order valence-corrected chi connectivity index (χ2v) is 7.61. The fourth-order valence-corrected chi connectivity index (χ4v) is 4.02. The summed E-state index contributed by atoms with van der Waals surface area (Å²) in [5.41, 5.74) is 1.86. The van der Waals surface area contributed by atoms with Gasteiger partial charge in [0.25, 0.3) is 0 Å². The zero-order valence-electron chi connectivity index (χ0n) is 17.5. The van der Waals surface area contributed by atoms with Crippen LogP contribution < -0.4 is 4.74 Å². The van der Waals surface area contributed by atoms with Crippen LogP contribution in [0.5, 0.6) is 5.75 Å². The number of ether oxygens (including phenoxy) is 2. The van der Waals surface area contributed by atoms with E-state index in [-0.39, 0.29) is 5.97 Å². The second kappa shape index (κ2) is 10.3. The summed E-state index contributed by atoms with van der Waals surface area (Å²) >= 11 is 0. The molecule has 0 N–H and O–H groups in total. The largest absolute Gasteiger partial charge is 0.496 e. The average Bonchev–Trinajstić information content (AvgIpc) is 2.76. The van der Waals surface area contributed by atoms with Crippen molar-refractivity contribution in [2.45, 2.75) is 26.2 Å². The lowest BCUT2D eigenvalue weighted by Crippen LogP contribution is -2.46. The SMILES string of the molecule is CCOC(=O)C1(Cc2ccccc2)CCN(C/C=C/c2ccccc2OC)CC1. The summed E-state index contributed by atoms with van der Waals surface area (Å²) in [5, 5.41) is 0. The number of piperidine rings is 1. The molecule has 0 bridgehead atoms. The lowest BCUT2D eigenvalue weighted by atomic mass is 9.73. The third-order valence-corrected chi connectivity index (χ3v) is 5.71. The van der Waals surface area contributed by atoms with Crippen LogP contribution in [0, 0.1) is 5.41 Å². The lowest BCUT2D eigenvalue weighted by molar-refractivity contribution is -0.158. The van der Waals surface area contributed by atoms with Crippen LogP contribution in [-0.2, 0) is 16.0 Å². The Morgan fingerprint density at radius 3 is 2.45 bits per heavy atom. The predicted molar refractivity (Wildman–Crippen MR) is 117 cm³/mol. The highest BCUT2D eigenvalue weighted by Crippen LogP contribution is 2.36. The van der Waals surface area contributed by atoms with Crippen molar-refractivity contribution >= 4 is 12.0 Å². The minimum Gasteiger partial charge on any atom is -0.496 e. The molecule has 0 spiro atoms. The fourth-order valence-electron chi connectivity index (χ4n) is 4.02. The Kier molecular flexibility index (Phi) is 7.48. The number of nitrogens with zero attached hydrogens (tertiary/aromatic N) is 1. The molecule has 1 fully saturated rings. The molecule has 0 saturated carbocycles. The summed E-state index contributed by atoms with van der Waals surface area (Å²) in [5.74, 6) is 0.833. The van der Waals surface area contributed by atoms with Crippen molar-refractivity contribution in [1.29, 1.82) is 0 Å². The van der Waals surface area contributed by atoms with Crippen LogP contribution in [0.15, 0.2) is 60.7 Å². The molecule has 1 aliphatic rings. The third-order valence-electron chi connectivity index (χ3n) is 5.71. The van der Waals surface area contributed by atoms with Gasteiger partial charge in [-0.3, -0.25) is 9.69 Å². The number of esters is 1. The van der Waals surface area contributed by atoms with Gasteiger partial charge in [-0.05, 0) is 50.9 Å². The Bertz CT molecular complexity index is 808. The fraction of sp³-hybridized carbons (Fsp3) is 0.400. The Labute approximate surface area is 174 Å². The van der Waals surface area contributed by atoms with Crippen LogP contribution >= 0.6 is 0 Å². The molecule has 3 rings (SSSR count). The highest BCUT2D eigenvalue weighted by molar-refractivity contribution is 5.77. The molecule has 4 heteroatoms. The molecule has 2 aromatic carbocycles. The molecule has 2 aromatic rings. The highest BCUT2D eigenvalue weighted by atomic mass is 16.5. The Balaban J connectivity index is 1.62. The first-order chi connectivity index (χ1) is 14.2. The minimum atomic E-state index is -0.416. The van der Waals surface area contributed by atoms with Gasteiger partial charge in [-0.25, -0.2) is 0 Å². The van der Waals surface area contributed by atoms with Crippen LogP contribution in [0.4, 0.5) is 0 Å². The molecule has 0 radical (unpaired) electrons. The van der Waals surface area contributed by atoms with Crippen LogP contribution in [-0.4, -0.2) is 44.2 Å². The van der Waals surface area contributed by atoms with E-state index in [0.29, 0.717) is 6.61 Å². The van der Waals surface area contributed by atoms with Crippen molar-refractivity contribution in [2.75, 3.05) is 33.4 Å². The van der Waals surface area contributed by atoms with Gasteiger partial charge in [0.05, 0.1) is 19.1 Å². The summed E-state index contributed by atoms with van der Waals surface area (Å²) in [6.45, 7) is 4.96.